The van der Waals surface area contributed by atoms with Crippen molar-refractivity contribution in [3.05, 3.63) is 12.3 Å². The molecule has 0 aliphatic heterocycles. The van der Waals surface area contributed by atoms with Crippen LogP contribution >= 0.6 is 0 Å². The first kappa shape index (κ1) is 12.6. The predicted molar refractivity (Wildman–Crippen MR) is 62.9 cm³/mol. The van der Waals surface area contributed by atoms with Gasteiger partial charge in [-0.05, 0) is 18.3 Å². The zero-order chi connectivity index (χ0) is 13.0. The fourth-order valence-corrected chi connectivity index (χ4v) is 2.67. The molecule has 1 aliphatic carbocycles. The maximum Gasteiger partial charge on any atom is 0.303 e. The zero-order valence-electron chi connectivity index (χ0n) is 10.0. The van der Waals surface area contributed by atoms with Gasteiger partial charge in [0.15, 0.2) is 5.82 Å². The van der Waals surface area contributed by atoms with Crippen molar-refractivity contribution in [3.63, 3.8) is 0 Å². The topological polar surface area (TPSA) is 92.4 Å². The molecule has 0 aromatic carbocycles. The number of carboxylic acid groups (broad SMARTS) is 1. The summed E-state index contributed by atoms with van der Waals surface area (Å²) in [6, 6.07) is 1.55. The highest BCUT2D eigenvalue weighted by Gasteiger charge is 2.38. The molecule has 2 N–H and O–H groups in total. The summed E-state index contributed by atoms with van der Waals surface area (Å²) in [6.07, 6.45) is 5.23. The van der Waals surface area contributed by atoms with E-state index in [1.807, 2.05) is 0 Å². The average Bonchev–Trinajstić information content (AvgIpc) is 2.89. The van der Waals surface area contributed by atoms with Gasteiger partial charge in [-0.1, -0.05) is 18.0 Å². The standard InChI is InChI=1S/C12H16N2O4/c15-10(13-9-3-6-18-14-9)7-12(8-11(16)17)4-1-2-5-12/h3,6H,1-2,4-5,7-8H2,(H,16,17)(H,13,14,15). The van der Waals surface area contributed by atoms with Crippen molar-refractivity contribution in [2.24, 2.45) is 5.41 Å². The Bertz CT molecular complexity index is 421. The predicted octanol–water partition coefficient (Wildman–Crippen LogP) is 2.04. The van der Waals surface area contributed by atoms with Gasteiger partial charge in [-0.2, -0.15) is 0 Å². The Morgan fingerprint density at radius 2 is 2.11 bits per heavy atom. The number of hydrogen-bond acceptors (Lipinski definition) is 4. The normalized spacial score (nSPS) is 17.6. The lowest BCUT2D eigenvalue weighted by atomic mass is 9.79. The summed E-state index contributed by atoms with van der Waals surface area (Å²) in [4.78, 5) is 22.8. The number of amides is 1. The van der Waals surface area contributed by atoms with E-state index in [1.165, 1.54) is 6.26 Å². The van der Waals surface area contributed by atoms with Crippen LogP contribution in [0.1, 0.15) is 38.5 Å². The molecule has 1 heterocycles. The van der Waals surface area contributed by atoms with E-state index in [2.05, 4.69) is 15.0 Å². The number of anilines is 1. The molecule has 0 bridgehead atoms. The fraction of sp³-hybridized carbons (Fsp3) is 0.583. The number of rotatable bonds is 5. The summed E-state index contributed by atoms with van der Waals surface area (Å²) < 4.78 is 4.62. The molecule has 0 radical (unpaired) electrons. The zero-order valence-corrected chi connectivity index (χ0v) is 10.0. The number of carboxylic acids is 1. The van der Waals surface area contributed by atoms with Crippen molar-refractivity contribution in [3.8, 4) is 0 Å². The molecule has 1 aromatic heterocycles. The molecule has 0 saturated heterocycles. The van der Waals surface area contributed by atoms with Crippen molar-refractivity contribution in [1.29, 1.82) is 0 Å². The maximum absolute atomic E-state index is 11.9. The van der Waals surface area contributed by atoms with Gasteiger partial charge >= 0.3 is 5.97 Å². The van der Waals surface area contributed by atoms with Crippen molar-refractivity contribution in [1.82, 2.24) is 5.16 Å². The summed E-state index contributed by atoms with van der Waals surface area (Å²) in [6.45, 7) is 0. The van der Waals surface area contributed by atoms with Gasteiger partial charge in [0.25, 0.3) is 0 Å². The molecule has 1 saturated carbocycles. The maximum atomic E-state index is 11.9. The van der Waals surface area contributed by atoms with Crippen LogP contribution in [-0.2, 0) is 9.59 Å². The van der Waals surface area contributed by atoms with Crippen molar-refractivity contribution < 1.29 is 19.2 Å². The smallest absolute Gasteiger partial charge is 0.303 e. The number of carbonyl (C=O) groups excluding carboxylic acids is 1. The molecule has 6 heteroatoms. The second kappa shape index (κ2) is 5.20. The highest BCUT2D eigenvalue weighted by Crippen LogP contribution is 2.44. The van der Waals surface area contributed by atoms with E-state index < -0.39 is 5.97 Å². The number of hydrogen-bond donors (Lipinski definition) is 2. The average molecular weight is 252 g/mol. The van der Waals surface area contributed by atoms with Crippen LogP contribution in [0.25, 0.3) is 0 Å². The minimum absolute atomic E-state index is 0.0548. The molecule has 1 aromatic rings. The number of aromatic nitrogens is 1. The van der Waals surface area contributed by atoms with Crippen molar-refractivity contribution >= 4 is 17.7 Å². The molecule has 0 spiro atoms. The lowest BCUT2D eigenvalue weighted by Gasteiger charge is -2.25. The molecule has 0 atom stereocenters. The Morgan fingerprint density at radius 3 is 2.67 bits per heavy atom. The molecule has 18 heavy (non-hydrogen) atoms. The third-order valence-electron chi connectivity index (χ3n) is 3.43. The molecular formula is C12H16N2O4. The summed E-state index contributed by atoms with van der Waals surface area (Å²) in [7, 11) is 0. The van der Waals surface area contributed by atoms with E-state index >= 15 is 0 Å². The lowest BCUT2D eigenvalue weighted by molar-refractivity contribution is -0.140. The quantitative estimate of drug-likeness (QED) is 0.836. The Hall–Kier alpha value is -1.85. The van der Waals surface area contributed by atoms with Crippen LogP contribution in [0.4, 0.5) is 5.82 Å². The van der Waals surface area contributed by atoms with Gasteiger partial charge < -0.3 is 14.9 Å². The van der Waals surface area contributed by atoms with E-state index in [9.17, 15) is 9.59 Å². The minimum Gasteiger partial charge on any atom is -0.481 e. The van der Waals surface area contributed by atoms with Crippen molar-refractivity contribution in [2.75, 3.05) is 5.32 Å². The molecule has 6 nitrogen and oxygen atoms in total. The highest BCUT2D eigenvalue weighted by molar-refractivity contribution is 5.90. The summed E-state index contributed by atoms with van der Waals surface area (Å²) in [5.74, 6) is -0.679. The second-order valence-electron chi connectivity index (χ2n) is 4.89. The van der Waals surface area contributed by atoms with Gasteiger partial charge in [0.1, 0.15) is 6.26 Å². The Balaban J connectivity index is 1.96. The van der Waals surface area contributed by atoms with Gasteiger partial charge in [0.2, 0.25) is 5.91 Å². The van der Waals surface area contributed by atoms with Gasteiger partial charge in [0, 0.05) is 12.5 Å². The van der Waals surface area contributed by atoms with Crippen LogP contribution in [-0.4, -0.2) is 22.1 Å². The summed E-state index contributed by atoms with van der Waals surface area (Å²) in [5.41, 5.74) is -0.389. The molecular weight excluding hydrogens is 236 g/mol. The third-order valence-corrected chi connectivity index (χ3v) is 3.43. The van der Waals surface area contributed by atoms with Gasteiger partial charge in [0.05, 0.1) is 6.42 Å². The van der Waals surface area contributed by atoms with Gasteiger partial charge in [-0.15, -0.1) is 0 Å². The van der Waals surface area contributed by atoms with E-state index in [0.717, 1.165) is 25.7 Å². The van der Waals surface area contributed by atoms with E-state index in [-0.39, 0.29) is 24.2 Å². The summed E-state index contributed by atoms with van der Waals surface area (Å²) in [5, 5.41) is 15.2. The third kappa shape index (κ3) is 3.09. The Kier molecular flexibility index (Phi) is 3.64. The SMILES string of the molecule is O=C(O)CC1(CC(=O)Nc2ccon2)CCCC1. The van der Waals surface area contributed by atoms with Crippen LogP contribution < -0.4 is 5.32 Å². The first-order valence-electron chi connectivity index (χ1n) is 6.02. The minimum atomic E-state index is -0.842. The number of aliphatic carboxylic acids is 1. The van der Waals surface area contributed by atoms with Crippen LogP contribution in [0.2, 0.25) is 0 Å². The van der Waals surface area contributed by atoms with Crippen LogP contribution in [0.15, 0.2) is 16.9 Å². The van der Waals surface area contributed by atoms with Crippen molar-refractivity contribution in [2.45, 2.75) is 38.5 Å². The highest BCUT2D eigenvalue weighted by atomic mass is 16.5. The molecule has 0 unspecified atom stereocenters. The van der Waals surface area contributed by atoms with E-state index in [1.54, 1.807) is 6.07 Å². The number of carbonyl (C=O) groups is 2. The van der Waals surface area contributed by atoms with Crippen LogP contribution in [0.5, 0.6) is 0 Å². The molecule has 1 aliphatic rings. The van der Waals surface area contributed by atoms with Gasteiger partial charge in [-0.25, -0.2) is 0 Å². The number of nitrogens with one attached hydrogen (secondary N) is 1. The van der Waals surface area contributed by atoms with E-state index in [0.29, 0.717) is 5.82 Å². The molecule has 2 rings (SSSR count). The first-order chi connectivity index (χ1) is 8.60. The molecule has 1 amide bonds. The van der Waals surface area contributed by atoms with Crippen LogP contribution in [0, 0.1) is 5.41 Å². The Labute approximate surface area is 104 Å². The fourth-order valence-electron chi connectivity index (χ4n) is 2.67. The largest absolute Gasteiger partial charge is 0.481 e. The number of nitrogens with zero attached hydrogens (tertiary/aromatic N) is 1. The monoisotopic (exact) mass is 252 g/mol. The summed E-state index contributed by atoms with van der Waals surface area (Å²) >= 11 is 0. The lowest BCUT2D eigenvalue weighted by Crippen LogP contribution is -2.27. The Morgan fingerprint density at radius 1 is 1.39 bits per heavy atom. The van der Waals surface area contributed by atoms with Crippen LogP contribution in [0.3, 0.4) is 0 Å². The van der Waals surface area contributed by atoms with E-state index in [4.69, 9.17) is 5.11 Å². The molecule has 98 valence electrons. The second-order valence-corrected chi connectivity index (χ2v) is 4.89. The first-order valence-corrected chi connectivity index (χ1v) is 6.02. The van der Waals surface area contributed by atoms with Gasteiger partial charge in [-0.3, -0.25) is 9.59 Å². The molecule has 1 fully saturated rings.